The van der Waals surface area contributed by atoms with E-state index in [9.17, 15) is 10.1 Å². The van der Waals surface area contributed by atoms with Crippen LogP contribution in [0.15, 0.2) is 67.1 Å². The summed E-state index contributed by atoms with van der Waals surface area (Å²) in [6.07, 6.45) is 2.33. The normalized spacial score (nSPS) is 12.5. The number of esters is 1. The van der Waals surface area contributed by atoms with Gasteiger partial charge in [0.25, 0.3) is 0 Å². The molecule has 1 aromatic heterocycles. The number of hydrogen-bond acceptors (Lipinski definition) is 8. The van der Waals surface area contributed by atoms with Gasteiger partial charge < -0.3 is 18.9 Å². The summed E-state index contributed by atoms with van der Waals surface area (Å²) in [5.74, 6) is -0.926. The minimum atomic E-state index is -0.646. The maximum absolute atomic E-state index is 12.2. The first-order valence-electron chi connectivity index (χ1n) is 10.4. The van der Waals surface area contributed by atoms with Crippen molar-refractivity contribution in [2.24, 2.45) is 0 Å². The van der Waals surface area contributed by atoms with Crippen LogP contribution in [-0.2, 0) is 14.3 Å². The summed E-state index contributed by atoms with van der Waals surface area (Å²) in [5, 5.41) is 9.37. The van der Waals surface area contributed by atoms with Gasteiger partial charge in [-0.3, -0.25) is 0 Å². The van der Waals surface area contributed by atoms with Crippen molar-refractivity contribution in [1.29, 1.82) is 5.26 Å². The molecule has 0 aliphatic carbocycles. The highest BCUT2D eigenvalue weighted by molar-refractivity contribution is 6.17. The second kappa shape index (κ2) is 9.71. The second-order valence-electron chi connectivity index (χ2n) is 5.47. The van der Waals surface area contributed by atoms with E-state index in [1.54, 1.807) is 30.3 Å². The van der Waals surface area contributed by atoms with Gasteiger partial charge in [-0.25, -0.2) is 14.8 Å². The monoisotopic (exact) mass is 407 g/mol. The van der Waals surface area contributed by atoms with Crippen molar-refractivity contribution in [2.75, 3.05) is 14.2 Å². The molecule has 0 N–H and O–H groups in total. The van der Waals surface area contributed by atoms with E-state index in [0.29, 0.717) is 5.56 Å². The maximum Gasteiger partial charge on any atom is 0.341 e. The average Bonchev–Trinajstić information content (AvgIpc) is 2.85. The molecule has 0 radical (unpaired) electrons. The van der Waals surface area contributed by atoms with Crippen molar-refractivity contribution in [3.63, 3.8) is 0 Å². The molecule has 8 heteroatoms. The SMILES string of the molecule is [2H]c1c([2H])c([2H])c(Oc2cc(Oc3ccccc3C(=COC)C(=O)OC)ncn2)c(C#N)c1[2H]. The molecule has 0 spiro atoms. The lowest BCUT2D eigenvalue weighted by Gasteiger charge is -2.12. The van der Waals surface area contributed by atoms with E-state index < -0.39 is 30.1 Å². The Kier molecular flexibility index (Phi) is 5.02. The van der Waals surface area contributed by atoms with Gasteiger partial charge in [-0.1, -0.05) is 30.3 Å². The number of carbonyl (C=O) groups excluding carboxylic acids is 1. The van der Waals surface area contributed by atoms with Crippen LogP contribution in [-0.4, -0.2) is 30.2 Å². The molecule has 1 heterocycles. The Morgan fingerprint density at radius 1 is 1.10 bits per heavy atom. The smallest absolute Gasteiger partial charge is 0.341 e. The Morgan fingerprint density at radius 3 is 2.50 bits per heavy atom. The van der Waals surface area contributed by atoms with Crippen LogP contribution < -0.4 is 9.47 Å². The number of hydrogen-bond donors (Lipinski definition) is 0. The van der Waals surface area contributed by atoms with Gasteiger partial charge in [0, 0.05) is 5.56 Å². The number of aromatic nitrogens is 2. The van der Waals surface area contributed by atoms with Crippen LogP contribution in [0.1, 0.15) is 16.6 Å². The number of para-hydroxylation sites is 2. The zero-order valence-electron chi connectivity index (χ0n) is 19.9. The van der Waals surface area contributed by atoms with E-state index in [-0.39, 0.29) is 34.4 Å². The average molecular weight is 407 g/mol. The highest BCUT2D eigenvalue weighted by Crippen LogP contribution is 2.32. The number of rotatable bonds is 7. The van der Waals surface area contributed by atoms with Gasteiger partial charge in [0.15, 0.2) is 0 Å². The standard InChI is InChI=1S/C22H17N3O5/c1-27-13-17(22(26)28-2)16-8-4-6-10-19(16)30-21-11-20(24-14-25-21)29-18-9-5-3-7-15(18)12-23/h3-11,13-14H,1-2H3/i3D,5D,7D,9D. The first-order chi connectivity index (χ1) is 16.3. The third kappa shape index (κ3) is 4.72. The summed E-state index contributed by atoms with van der Waals surface area (Å²) in [6.45, 7) is 0. The predicted molar refractivity (Wildman–Crippen MR) is 107 cm³/mol. The molecule has 0 bridgehead atoms. The summed E-state index contributed by atoms with van der Waals surface area (Å²) in [4.78, 5) is 20.1. The third-order valence-corrected chi connectivity index (χ3v) is 3.62. The third-order valence-electron chi connectivity index (χ3n) is 3.62. The Labute approximate surface area is 178 Å². The van der Waals surface area contributed by atoms with Gasteiger partial charge in [-0.05, 0) is 18.2 Å². The van der Waals surface area contributed by atoms with Gasteiger partial charge in [0.2, 0.25) is 11.8 Å². The number of nitrogens with zero attached hydrogens (tertiary/aromatic N) is 3. The second-order valence-corrected chi connectivity index (χ2v) is 5.47. The van der Waals surface area contributed by atoms with E-state index in [1.165, 1.54) is 26.5 Å². The Bertz CT molecular complexity index is 1320. The number of methoxy groups -OCH3 is 2. The number of ether oxygens (including phenoxy) is 4. The summed E-state index contributed by atoms with van der Waals surface area (Å²) in [5.41, 5.74) is 0.0937. The van der Waals surface area contributed by atoms with E-state index in [2.05, 4.69) is 9.97 Å². The van der Waals surface area contributed by atoms with Crippen LogP contribution in [0.2, 0.25) is 0 Å². The molecule has 0 saturated carbocycles. The molecule has 0 saturated heterocycles. The van der Waals surface area contributed by atoms with Crippen molar-refractivity contribution in [3.8, 4) is 29.3 Å². The molecule has 3 aromatic rings. The molecule has 8 nitrogen and oxygen atoms in total. The van der Waals surface area contributed by atoms with Crippen LogP contribution >= 0.6 is 0 Å². The van der Waals surface area contributed by atoms with Crippen molar-refractivity contribution >= 4 is 11.5 Å². The molecule has 0 atom stereocenters. The summed E-state index contributed by atoms with van der Waals surface area (Å²) >= 11 is 0. The first-order valence-corrected chi connectivity index (χ1v) is 8.41. The lowest BCUT2D eigenvalue weighted by molar-refractivity contribution is -0.133. The van der Waals surface area contributed by atoms with Gasteiger partial charge in [-0.2, -0.15) is 5.26 Å². The maximum atomic E-state index is 12.2. The van der Waals surface area contributed by atoms with E-state index in [1.807, 2.05) is 0 Å². The molecule has 30 heavy (non-hydrogen) atoms. The van der Waals surface area contributed by atoms with Crippen molar-refractivity contribution < 1.29 is 29.2 Å². The number of benzene rings is 2. The van der Waals surface area contributed by atoms with Gasteiger partial charge >= 0.3 is 5.97 Å². The minimum Gasteiger partial charge on any atom is -0.503 e. The van der Waals surface area contributed by atoms with Crippen molar-refractivity contribution in [1.82, 2.24) is 9.97 Å². The number of carbonyl (C=O) groups is 1. The Hall–Kier alpha value is -4.38. The van der Waals surface area contributed by atoms with Crippen LogP contribution in [0.25, 0.3) is 5.57 Å². The fourth-order valence-corrected chi connectivity index (χ4v) is 2.34. The summed E-state index contributed by atoms with van der Waals surface area (Å²) in [7, 11) is 2.62. The highest BCUT2D eigenvalue weighted by atomic mass is 16.5. The Morgan fingerprint density at radius 2 is 1.80 bits per heavy atom. The fourth-order valence-electron chi connectivity index (χ4n) is 2.34. The molecular formula is C22H17N3O5. The van der Waals surface area contributed by atoms with Crippen LogP contribution in [0.4, 0.5) is 0 Å². The molecule has 3 rings (SSSR count). The lowest BCUT2D eigenvalue weighted by Crippen LogP contribution is -2.06. The molecule has 0 aliphatic heterocycles. The number of nitriles is 1. The zero-order chi connectivity index (χ0) is 24.8. The van der Waals surface area contributed by atoms with Crippen molar-refractivity contribution in [2.45, 2.75) is 0 Å². The van der Waals surface area contributed by atoms with Gasteiger partial charge in [0.05, 0.1) is 37.6 Å². The van der Waals surface area contributed by atoms with Crippen molar-refractivity contribution in [3.05, 3.63) is 78.2 Å². The lowest BCUT2D eigenvalue weighted by atomic mass is 10.1. The van der Waals surface area contributed by atoms with E-state index in [4.69, 9.17) is 24.4 Å². The Balaban J connectivity index is 1.98. The molecule has 0 aliphatic rings. The van der Waals surface area contributed by atoms with Crippen LogP contribution in [0.3, 0.4) is 0 Å². The molecule has 0 fully saturated rings. The quantitative estimate of drug-likeness (QED) is 0.328. The molecular weight excluding hydrogens is 386 g/mol. The van der Waals surface area contributed by atoms with Gasteiger partial charge in [-0.15, -0.1) is 0 Å². The highest BCUT2D eigenvalue weighted by Gasteiger charge is 2.18. The zero-order valence-corrected chi connectivity index (χ0v) is 15.9. The van der Waals surface area contributed by atoms with Crippen LogP contribution in [0.5, 0.6) is 23.3 Å². The molecule has 2 aromatic carbocycles. The summed E-state index contributed by atoms with van der Waals surface area (Å²) in [6, 6.07) is 7.39. The first kappa shape index (κ1) is 15.5. The summed E-state index contributed by atoms with van der Waals surface area (Å²) < 4.78 is 52.5. The minimum absolute atomic E-state index is 0.00146. The van der Waals surface area contributed by atoms with Crippen LogP contribution in [0, 0.1) is 11.3 Å². The van der Waals surface area contributed by atoms with E-state index in [0.717, 1.165) is 6.33 Å². The fraction of sp³-hybridized carbons (Fsp3) is 0.0909. The van der Waals surface area contributed by atoms with Gasteiger partial charge in [0.1, 0.15) is 29.5 Å². The molecule has 150 valence electrons. The molecule has 0 unspecified atom stereocenters. The predicted octanol–water partition coefficient (Wildman–Crippen LogP) is 4.09. The van der Waals surface area contributed by atoms with E-state index >= 15 is 0 Å². The topological polar surface area (TPSA) is 104 Å². The molecule has 0 amide bonds. The largest absolute Gasteiger partial charge is 0.503 e.